The van der Waals surface area contributed by atoms with Gasteiger partial charge in [-0.05, 0) is 19.3 Å². The first-order valence-corrected chi connectivity index (χ1v) is 7.56. The standard InChI is InChI=1S/C15H27NO4/c1-12(15(18)19)11-16(9-6-10-20-2)14(17)13-7-4-3-5-8-13/h12-13H,3-11H2,1-2H3,(H,18,19). The van der Waals surface area contributed by atoms with Gasteiger partial charge in [0, 0.05) is 32.7 Å². The molecule has 0 radical (unpaired) electrons. The third-order valence-electron chi connectivity index (χ3n) is 3.96. The van der Waals surface area contributed by atoms with Crippen molar-refractivity contribution >= 4 is 11.9 Å². The minimum atomic E-state index is -0.849. The molecule has 5 nitrogen and oxygen atoms in total. The fraction of sp³-hybridized carbons (Fsp3) is 0.867. The van der Waals surface area contributed by atoms with E-state index in [2.05, 4.69) is 0 Å². The highest BCUT2D eigenvalue weighted by Gasteiger charge is 2.27. The molecule has 1 amide bonds. The van der Waals surface area contributed by atoms with Crippen LogP contribution < -0.4 is 0 Å². The number of amides is 1. The van der Waals surface area contributed by atoms with E-state index in [-0.39, 0.29) is 11.8 Å². The van der Waals surface area contributed by atoms with Crippen molar-refractivity contribution in [3.63, 3.8) is 0 Å². The maximum atomic E-state index is 12.5. The molecule has 0 aromatic heterocycles. The van der Waals surface area contributed by atoms with Crippen LogP contribution in [-0.2, 0) is 14.3 Å². The van der Waals surface area contributed by atoms with Gasteiger partial charge in [-0.3, -0.25) is 9.59 Å². The minimum absolute atomic E-state index is 0.0901. The normalized spacial score (nSPS) is 17.7. The molecule has 0 bridgehead atoms. The van der Waals surface area contributed by atoms with Gasteiger partial charge in [-0.15, -0.1) is 0 Å². The lowest BCUT2D eigenvalue weighted by molar-refractivity contribution is -0.144. The maximum absolute atomic E-state index is 12.5. The van der Waals surface area contributed by atoms with E-state index in [1.807, 2.05) is 0 Å². The van der Waals surface area contributed by atoms with Crippen LogP contribution in [0.15, 0.2) is 0 Å². The Bertz CT molecular complexity index is 313. The molecule has 20 heavy (non-hydrogen) atoms. The Balaban J connectivity index is 2.58. The first-order chi connectivity index (χ1) is 9.56. The van der Waals surface area contributed by atoms with Crippen LogP contribution in [0.3, 0.4) is 0 Å². The van der Waals surface area contributed by atoms with E-state index in [9.17, 15) is 9.59 Å². The number of carboxylic acid groups (broad SMARTS) is 1. The second-order valence-corrected chi connectivity index (χ2v) is 5.70. The number of hydrogen-bond acceptors (Lipinski definition) is 3. The Morgan fingerprint density at radius 1 is 1.30 bits per heavy atom. The van der Waals surface area contributed by atoms with Crippen molar-refractivity contribution in [1.82, 2.24) is 4.90 Å². The number of carbonyl (C=O) groups excluding carboxylic acids is 1. The van der Waals surface area contributed by atoms with Crippen LogP contribution in [0, 0.1) is 11.8 Å². The van der Waals surface area contributed by atoms with Gasteiger partial charge in [-0.25, -0.2) is 0 Å². The van der Waals surface area contributed by atoms with Gasteiger partial charge in [0.05, 0.1) is 5.92 Å². The summed E-state index contributed by atoms with van der Waals surface area (Å²) in [7, 11) is 1.63. The van der Waals surface area contributed by atoms with E-state index >= 15 is 0 Å². The number of carbonyl (C=O) groups is 2. The summed E-state index contributed by atoms with van der Waals surface area (Å²) < 4.78 is 5.02. The highest BCUT2D eigenvalue weighted by Crippen LogP contribution is 2.25. The third kappa shape index (κ3) is 5.49. The van der Waals surface area contributed by atoms with Gasteiger partial charge in [0.25, 0.3) is 0 Å². The van der Waals surface area contributed by atoms with E-state index in [4.69, 9.17) is 9.84 Å². The molecule has 116 valence electrons. The largest absolute Gasteiger partial charge is 0.481 e. The molecule has 1 aliphatic carbocycles. The zero-order valence-electron chi connectivity index (χ0n) is 12.6. The van der Waals surface area contributed by atoms with Crippen molar-refractivity contribution in [3.05, 3.63) is 0 Å². The molecule has 1 unspecified atom stereocenters. The molecule has 0 saturated heterocycles. The summed E-state index contributed by atoms with van der Waals surface area (Å²) >= 11 is 0. The predicted octanol–water partition coefficient (Wildman–Crippen LogP) is 2.15. The van der Waals surface area contributed by atoms with Gasteiger partial charge in [-0.2, -0.15) is 0 Å². The van der Waals surface area contributed by atoms with E-state index < -0.39 is 11.9 Å². The van der Waals surface area contributed by atoms with E-state index in [0.29, 0.717) is 19.7 Å². The third-order valence-corrected chi connectivity index (χ3v) is 3.96. The van der Waals surface area contributed by atoms with Crippen molar-refractivity contribution in [3.8, 4) is 0 Å². The molecule has 1 aliphatic rings. The molecule has 1 saturated carbocycles. The molecule has 1 fully saturated rings. The monoisotopic (exact) mass is 285 g/mol. The summed E-state index contributed by atoms with van der Waals surface area (Å²) in [5.41, 5.74) is 0. The summed E-state index contributed by atoms with van der Waals surface area (Å²) in [5, 5.41) is 9.03. The predicted molar refractivity (Wildman–Crippen MR) is 76.4 cm³/mol. The smallest absolute Gasteiger partial charge is 0.308 e. The van der Waals surface area contributed by atoms with Crippen LogP contribution in [0.2, 0.25) is 0 Å². The van der Waals surface area contributed by atoms with Crippen molar-refractivity contribution in [2.24, 2.45) is 11.8 Å². The van der Waals surface area contributed by atoms with Crippen LogP contribution in [0.4, 0.5) is 0 Å². The summed E-state index contributed by atoms with van der Waals surface area (Å²) in [5.74, 6) is -1.15. The summed E-state index contributed by atoms with van der Waals surface area (Å²) in [4.78, 5) is 25.3. The molecule has 1 rings (SSSR count). The molecule has 0 aromatic rings. The number of aliphatic carboxylic acids is 1. The second-order valence-electron chi connectivity index (χ2n) is 5.70. The van der Waals surface area contributed by atoms with Crippen LogP contribution in [0.1, 0.15) is 45.4 Å². The van der Waals surface area contributed by atoms with E-state index in [1.54, 1.807) is 18.9 Å². The van der Waals surface area contributed by atoms with Gasteiger partial charge < -0.3 is 14.7 Å². The first-order valence-electron chi connectivity index (χ1n) is 7.56. The SMILES string of the molecule is COCCCN(CC(C)C(=O)O)C(=O)C1CCCCC1. The van der Waals surface area contributed by atoms with Crippen molar-refractivity contribution in [2.45, 2.75) is 45.4 Å². The highest BCUT2D eigenvalue weighted by molar-refractivity contribution is 5.79. The highest BCUT2D eigenvalue weighted by atomic mass is 16.5. The molecule has 0 heterocycles. The van der Waals surface area contributed by atoms with E-state index in [1.165, 1.54) is 6.42 Å². The average molecular weight is 285 g/mol. The molecule has 0 aromatic carbocycles. The second kappa shape index (κ2) is 8.95. The van der Waals surface area contributed by atoms with Crippen molar-refractivity contribution in [1.29, 1.82) is 0 Å². The molecular formula is C15H27NO4. The average Bonchev–Trinajstić information content (AvgIpc) is 2.46. The topological polar surface area (TPSA) is 66.8 Å². The molecule has 5 heteroatoms. The molecule has 0 aliphatic heterocycles. The fourth-order valence-corrected chi connectivity index (χ4v) is 2.71. The first kappa shape index (κ1) is 17.0. The summed E-state index contributed by atoms with van der Waals surface area (Å²) in [6, 6.07) is 0. The number of methoxy groups -OCH3 is 1. The lowest BCUT2D eigenvalue weighted by Crippen LogP contribution is -2.41. The number of carboxylic acids is 1. The lowest BCUT2D eigenvalue weighted by atomic mass is 9.88. The van der Waals surface area contributed by atoms with Gasteiger partial charge in [0.15, 0.2) is 0 Å². The van der Waals surface area contributed by atoms with Crippen LogP contribution in [0.5, 0.6) is 0 Å². The Labute approximate surface area is 121 Å². The number of rotatable bonds is 8. The number of nitrogens with zero attached hydrogens (tertiary/aromatic N) is 1. The Hall–Kier alpha value is -1.10. The molecule has 1 N–H and O–H groups in total. The number of ether oxygens (including phenoxy) is 1. The van der Waals surface area contributed by atoms with Crippen LogP contribution in [-0.4, -0.2) is 48.7 Å². The minimum Gasteiger partial charge on any atom is -0.481 e. The zero-order chi connectivity index (χ0) is 15.0. The Morgan fingerprint density at radius 3 is 2.50 bits per heavy atom. The fourth-order valence-electron chi connectivity index (χ4n) is 2.71. The van der Waals surface area contributed by atoms with Gasteiger partial charge in [0.2, 0.25) is 5.91 Å². The Kier molecular flexibility index (Phi) is 7.59. The Morgan fingerprint density at radius 2 is 1.95 bits per heavy atom. The number of hydrogen-bond donors (Lipinski definition) is 1. The summed E-state index contributed by atoms with van der Waals surface area (Å²) in [6.45, 7) is 3.13. The van der Waals surface area contributed by atoms with E-state index in [0.717, 1.165) is 32.1 Å². The lowest BCUT2D eigenvalue weighted by Gasteiger charge is -2.30. The van der Waals surface area contributed by atoms with Gasteiger partial charge in [-0.1, -0.05) is 26.2 Å². The van der Waals surface area contributed by atoms with Crippen molar-refractivity contribution in [2.75, 3.05) is 26.8 Å². The van der Waals surface area contributed by atoms with Crippen molar-refractivity contribution < 1.29 is 19.4 Å². The molecular weight excluding hydrogens is 258 g/mol. The maximum Gasteiger partial charge on any atom is 0.308 e. The van der Waals surface area contributed by atoms with Gasteiger partial charge in [0.1, 0.15) is 0 Å². The molecule has 0 spiro atoms. The molecule has 1 atom stereocenters. The summed E-state index contributed by atoms with van der Waals surface area (Å²) in [6.07, 6.45) is 6.07. The quantitative estimate of drug-likeness (QED) is 0.694. The van der Waals surface area contributed by atoms with Crippen LogP contribution in [0.25, 0.3) is 0 Å². The van der Waals surface area contributed by atoms with Crippen LogP contribution >= 0.6 is 0 Å². The zero-order valence-corrected chi connectivity index (χ0v) is 12.6. The van der Waals surface area contributed by atoms with Gasteiger partial charge >= 0.3 is 5.97 Å².